The predicted molar refractivity (Wildman–Crippen MR) is 52.8 cm³/mol. The molecule has 2 heterocycles. The number of amides is 2. The first-order valence-corrected chi connectivity index (χ1v) is 4.80. The molecule has 0 radical (unpaired) electrons. The highest BCUT2D eigenvalue weighted by Gasteiger charge is 2.24. The highest BCUT2D eigenvalue weighted by molar-refractivity contribution is 5.93. The second kappa shape index (κ2) is 4.21. The first-order valence-electron chi connectivity index (χ1n) is 4.80. The number of aromatic nitrogens is 1. The monoisotopic (exact) mass is 225 g/mol. The van der Waals surface area contributed by atoms with Gasteiger partial charge in [0.25, 0.3) is 0 Å². The Morgan fingerprint density at radius 1 is 1.69 bits per heavy atom. The third-order valence-electron chi connectivity index (χ3n) is 2.07. The van der Waals surface area contributed by atoms with Gasteiger partial charge in [-0.2, -0.15) is 0 Å². The summed E-state index contributed by atoms with van der Waals surface area (Å²) in [4.78, 5) is 23.9. The highest BCUT2D eigenvalue weighted by Crippen LogP contribution is 2.08. The standard InChI is InChI=1S/C9H11N3O4/c1-6-4-7(11-16-6)10-8(13)5-12-2-3-15-9(12)14/h4H,2-3,5H2,1H3,(H,10,11,13). The number of carbonyl (C=O) groups is 2. The fourth-order valence-electron chi connectivity index (χ4n) is 1.35. The molecule has 1 N–H and O–H groups in total. The molecule has 1 aliphatic rings. The SMILES string of the molecule is Cc1cc(NC(=O)CN2CCOC2=O)no1. The molecule has 1 aromatic heterocycles. The van der Waals surface area contributed by atoms with E-state index in [0.717, 1.165) is 0 Å². The number of hydrogen-bond acceptors (Lipinski definition) is 5. The fraction of sp³-hybridized carbons (Fsp3) is 0.444. The molecule has 16 heavy (non-hydrogen) atoms. The number of rotatable bonds is 3. The van der Waals surface area contributed by atoms with Gasteiger partial charge in [-0.05, 0) is 6.92 Å². The number of hydrogen-bond donors (Lipinski definition) is 1. The summed E-state index contributed by atoms with van der Waals surface area (Å²) >= 11 is 0. The van der Waals surface area contributed by atoms with E-state index < -0.39 is 6.09 Å². The summed E-state index contributed by atoms with van der Waals surface area (Å²) in [7, 11) is 0. The smallest absolute Gasteiger partial charge is 0.410 e. The average Bonchev–Trinajstić information content (AvgIpc) is 2.77. The van der Waals surface area contributed by atoms with Gasteiger partial charge in [0.2, 0.25) is 5.91 Å². The molecular weight excluding hydrogens is 214 g/mol. The van der Waals surface area contributed by atoms with Crippen LogP contribution in [-0.2, 0) is 9.53 Å². The first-order chi connectivity index (χ1) is 7.65. The van der Waals surface area contributed by atoms with Crippen molar-refractivity contribution in [1.29, 1.82) is 0 Å². The van der Waals surface area contributed by atoms with E-state index in [4.69, 9.17) is 9.26 Å². The molecule has 7 nitrogen and oxygen atoms in total. The van der Waals surface area contributed by atoms with Crippen molar-refractivity contribution in [2.45, 2.75) is 6.92 Å². The zero-order chi connectivity index (χ0) is 11.5. The Morgan fingerprint density at radius 2 is 2.50 bits per heavy atom. The van der Waals surface area contributed by atoms with Crippen molar-refractivity contribution in [3.8, 4) is 0 Å². The summed E-state index contributed by atoms with van der Waals surface area (Å²) in [5.74, 6) is 0.623. The van der Waals surface area contributed by atoms with Gasteiger partial charge in [-0.25, -0.2) is 4.79 Å². The van der Waals surface area contributed by atoms with Crippen molar-refractivity contribution in [2.75, 3.05) is 25.0 Å². The Balaban J connectivity index is 1.86. The van der Waals surface area contributed by atoms with Gasteiger partial charge in [0.15, 0.2) is 5.82 Å². The van der Waals surface area contributed by atoms with Gasteiger partial charge in [-0.1, -0.05) is 5.16 Å². The Bertz CT molecular complexity index is 415. The highest BCUT2D eigenvalue weighted by atomic mass is 16.6. The molecule has 0 unspecified atom stereocenters. The lowest BCUT2D eigenvalue weighted by Crippen LogP contribution is -2.33. The van der Waals surface area contributed by atoms with Crippen LogP contribution in [0.15, 0.2) is 10.6 Å². The van der Waals surface area contributed by atoms with Crippen molar-refractivity contribution in [3.05, 3.63) is 11.8 Å². The Kier molecular flexibility index (Phi) is 2.76. The maximum absolute atomic E-state index is 11.5. The predicted octanol–water partition coefficient (Wildman–Crippen LogP) is 0.374. The molecule has 1 fully saturated rings. The molecule has 2 rings (SSSR count). The van der Waals surface area contributed by atoms with Gasteiger partial charge in [0.05, 0.1) is 6.54 Å². The van der Waals surface area contributed by atoms with Crippen LogP contribution in [-0.4, -0.2) is 41.8 Å². The van der Waals surface area contributed by atoms with Crippen LogP contribution in [0, 0.1) is 6.92 Å². The van der Waals surface area contributed by atoms with E-state index in [-0.39, 0.29) is 12.5 Å². The molecule has 2 amide bonds. The van der Waals surface area contributed by atoms with Crippen molar-refractivity contribution in [3.63, 3.8) is 0 Å². The van der Waals surface area contributed by atoms with Gasteiger partial charge in [0, 0.05) is 6.07 Å². The van der Waals surface area contributed by atoms with Crippen LogP contribution in [0.1, 0.15) is 5.76 Å². The van der Waals surface area contributed by atoms with Crippen LogP contribution in [0.2, 0.25) is 0 Å². The van der Waals surface area contributed by atoms with Crippen LogP contribution >= 0.6 is 0 Å². The lowest BCUT2D eigenvalue weighted by Gasteiger charge is -2.10. The van der Waals surface area contributed by atoms with E-state index in [0.29, 0.717) is 24.7 Å². The largest absolute Gasteiger partial charge is 0.448 e. The minimum atomic E-state index is -0.466. The lowest BCUT2D eigenvalue weighted by molar-refractivity contribution is -0.116. The average molecular weight is 225 g/mol. The number of cyclic esters (lactones) is 1. The third-order valence-corrected chi connectivity index (χ3v) is 2.07. The number of anilines is 1. The number of nitrogens with one attached hydrogen (secondary N) is 1. The van der Waals surface area contributed by atoms with Gasteiger partial charge in [-0.15, -0.1) is 0 Å². The van der Waals surface area contributed by atoms with Crippen LogP contribution in [0.4, 0.5) is 10.6 Å². The summed E-state index contributed by atoms with van der Waals surface area (Å²) in [6.07, 6.45) is -0.466. The van der Waals surface area contributed by atoms with Crippen molar-refractivity contribution in [1.82, 2.24) is 10.1 Å². The van der Waals surface area contributed by atoms with Gasteiger partial charge >= 0.3 is 6.09 Å². The zero-order valence-electron chi connectivity index (χ0n) is 8.73. The summed E-state index contributed by atoms with van der Waals surface area (Å²) < 4.78 is 9.48. The molecule has 1 saturated heterocycles. The Labute approximate surface area is 91.3 Å². The summed E-state index contributed by atoms with van der Waals surface area (Å²) in [6.45, 7) is 2.45. The van der Waals surface area contributed by atoms with E-state index in [1.54, 1.807) is 13.0 Å². The number of ether oxygens (including phenoxy) is 1. The van der Waals surface area contributed by atoms with Crippen molar-refractivity contribution >= 4 is 17.8 Å². The quantitative estimate of drug-likeness (QED) is 0.803. The number of aryl methyl sites for hydroxylation is 1. The van der Waals surface area contributed by atoms with Gasteiger partial charge < -0.3 is 14.6 Å². The third kappa shape index (κ3) is 2.30. The topological polar surface area (TPSA) is 84.7 Å². The van der Waals surface area contributed by atoms with Gasteiger partial charge in [-0.3, -0.25) is 9.69 Å². The summed E-state index contributed by atoms with van der Waals surface area (Å²) in [5.41, 5.74) is 0. The van der Waals surface area contributed by atoms with E-state index in [1.807, 2.05) is 0 Å². The summed E-state index contributed by atoms with van der Waals surface area (Å²) in [6, 6.07) is 1.60. The Morgan fingerprint density at radius 3 is 3.06 bits per heavy atom. The molecular formula is C9H11N3O4. The van der Waals surface area contributed by atoms with E-state index in [1.165, 1.54) is 4.90 Å². The van der Waals surface area contributed by atoms with E-state index in [2.05, 4.69) is 10.5 Å². The molecule has 0 atom stereocenters. The maximum atomic E-state index is 11.5. The van der Waals surface area contributed by atoms with E-state index in [9.17, 15) is 9.59 Å². The number of nitrogens with zero attached hydrogens (tertiary/aromatic N) is 2. The molecule has 1 aliphatic heterocycles. The molecule has 0 aromatic carbocycles. The van der Waals surface area contributed by atoms with Crippen LogP contribution in [0.5, 0.6) is 0 Å². The molecule has 86 valence electrons. The maximum Gasteiger partial charge on any atom is 0.410 e. The molecule has 0 bridgehead atoms. The molecule has 0 saturated carbocycles. The van der Waals surface area contributed by atoms with Crippen LogP contribution < -0.4 is 5.32 Å². The zero-order valence-corrected chi connectivity index (χ0v) is 8.73. The second-order valence-electron chi connectivity index (χ2n) is 3.41. The molecule has 1 aromatic rings. The van der Waals surface area contributed by atoms with Gasteiger partial charge in [0.1, 0.15) is 18.9 Å². The molecule has 0 spiro atoms. The number of carbonyl (C=O) groups excluding carboxylic acids is 2. The minimum absolute atomic E-state index is 0.0370. The van der Waals surface area contributed by atoms with E-state index >= 15 is 0 Å². The van der Waals surface area contributed by atoms with Crippen LogP contribution in [0.3, 0.4) is 0 Å². The second-order valence-corrected chi connectivity index (χ2v) is 3.41. The first kappa shape index (κ1) is 10.5. The van der Waals surface area contributed by atoms with Crippen molar-refractivity contribution < 1.29 is 18.8 Å². The minimum Gasteiger partial charge on any atom is -0.448 e. The van der Waals surface area contributed by atoms with Crippen molar-refractivity contribution in [2.24, 2.45) is 0 Å². The molecule has 7 heteroatoms. The van der Waals surface area contributed by atoms with Crippen LogP contribution in [0.25, 0.3) is 0 Å². The molecule has 0 aliphatic carbocycles. The summed E-state index contributed by atoms with van der Waals surface area (Å²) in [5, 5.41) is 6.12. The fourth-order valence-corrected chi connectivity index (χ4v) is 1.35. The normalized spacial score (nSPS) is 15.1. The Hall–Kier alpha value is -2.05. The lowest BCUT2D eigenvalue weighted by atomic mass is 10.4.